The molecule has 0 aromatic rings. The summed E-state index contributed by atoms with van der Waals surface area (Å²) in [5.41, 5.74) is -3.22. The molecular weight excluding hydrogens is 296 g/mol. The molecule has 0 aromatic heterocycles. The smallest absolute Gasteiger partial charge is 0.313 e. The van der Waals surface area contributed by atoms with E-state index >= 15 is 0 Å². The highest BCUT2D eigenvalue weighted by molar-refractivity contribution is 6.02. The van der Waals surface area contributed by atoms with Gasteiger partial charge in [-0.3, -0.25) is 19.2 Å². The van der Waals surface area contributed by atoms with Gasteiger partial charge in [0.05, 0.1) is 51.1 Å². The maximum absolute atomic E-state index is 12.2. The predicted molar refractivity (Wildman–Crippen MR) is 71.3 cm³/mol. The number of carbonyl (C=O) groups is 4. The van der Waals surface area contributed by atoms with E-state index in [4.69, 9.17) is 9.47 Å². The molecule has 0 spiro atoms. The highest BCUT2D eigenvalue weighted by atomic mass is 16.5. The number of esters is 4. The van der Waals surface area contributed by atoms with Crippen LogP contribution in [0.5, 0.6) is 0 Å². The Morgan fingerprint density at radius 2 is 0.909 bits per heavy atom. The molecule has 0 amide bonds. The van der Waals surface area contributed by atoms with Crippen molar-refractivity contribution in [2.45, 2.75) is 13.8 Å². The molecule has 0 aliphatic heterocycles. The van der Waals surface area contributed by atoms with Crippen LogP contribution in [0, 0.1) is 22.7 Å². The van der Waals surface area contributed by atoms with Crippen LogP contribution in [0.2, 0.25) is 0 Å². The lowest BCUT2D eigenvalue weighted by Gasteiger charge is -2.59. The van der Waals surface area contributed by atoms with E-state index in [2.05, 4.69) is 9.47 Å². The van der Waals surface area contributed by atoms with Crippen LogP contribution in [0.3, 0.4) is 0 Å². The van der Waals surface area contributed by atoms with Crippen molar-refractivity contribution in [3.63, 3.8) is 0 Å². The topological polar surface area (TPSA) is 105 Å². The highest BCUT2D eigenvalue weighted by Gasteiger charge is 2.80. The average molecular weight is 316 g/mol. The van der Waals surface area contributed by atoms with Crippen molar-refractivity contribution in [3.05, 3.63) is 0 Å². The third-order valence-corrected chi connectivity index (χ3v) is 4.79. The zero-order valence-corrected chi connectivity index (χ0v) is 13.4. The van der Waals surface area contributed by atoms with Gasteiger partial charge in [0.1, 0.15) is 0 Å². The molecule has 1 aliphatic rings. The van der Waals surface area contributed by atoms with Crippen LogP contribution in [0.4, 0.5) is 0 Å². The van der Waals surface area contributed by atoms with Gasteiger partial charge >= 0.3 is 23.9 Å². The molecule has 0 radical (unpaired) electrons. The van der Waals surface area contributed by atoms with E-state index in [1.165, 1.54) is 13.8 Å². The van der Waals surface area contributed by atoms with Gasteiger partial charge in [-0.15, -0.1) is 0 Å². The summed E-state index contributed by atoms with van der Waals surface area (Å²) in [6.07, 6.45) is 0. The number of carbonyl (C=O) groups excluding carboxylic acids is 4. The Morgan fingerprint density at radius 1 is 0.636 bits per heavy atom. The van der Waals surface area contributed by atoms with Crippen LogP contribution in [0.25, 0.3) is 0 Å². The summed E-state index contributed by atoms with van der Waals surface area (Å²) in [5.74, 6) is -5.63. The van der Waals surface area contributed by atoms with Crippen LogP contribution in [0.1, 0.15) is 13.8 Å². The molecule has 8 nitrogen and oxygen atoms in total. The fourth-order valence-electron chi connectivity index (χ4n) is 3.32. The lowest BCUT2D eigenvalue weighted by atomic mass is 9.39. The van der Waals surface area contributed by atoms with Crippen molar-refractivity contribution < 1.29 is 38.1 Å². The third kappa shape index (κ3) is 1.97. The van der Waals surface area contributed by atoms with E-state index in [0.717, 1.165) is 28.4 Å². The van der Waals surface area contributed by atoms with E-state index in [1.807, 2.05) is 0 Å². The van der Waals surface area contributed by atoms with Crippen molar-refractivity contribution in [2.75, 3.05) is 28.4 Å². The molecule has 0 bridgehead atoms. The Morgan fingerprint density at radius 3 is 1.09 bits per heavy atom. The molecule has 0 N–H and O–H groups in total. The van der Waals surface area contributed by atoms with Crippen LogP contribution < -0.4 is 0 Å². The Hall–Kier alpha value is -2.12. The average Bonchev–Trinajstić information content (AvgIpc) is 2.54. The van der Waals surface area contributed by atoms with Crippen LogP contribution in [0.15, 0.2) is 0 Å². The second kappa shape index (κ2) is 5.94. The summed E-state index contributed by atoms with van der Waals surface area (Å²) in [6.45, 7) is 2.74. The van der Waals surface area contributed by atoms with Gasteiger partial charge in [0.25, 0.3) is 0 Å². The van der Waals surface area contributed by atoms with Gasteiger partial charge in [0, 0.05) is 0 Å². The Kier molecular flexibility index (Phi) is 4.84. The monoisotopic (exact) mass is 316 g/mol. The standard InChI is InChI=1S/C14H20O8/c1-13(11(17)21-5)7(9(15)19-3)8(10(16)20-4)14(13,2)12(18)22-6/h7-8H,1-6H3. The fourth-order valence-corrected chi connectivity index (χ4v) is 3.32. The molecule has 8 heteroatoms. The zero-order valence-electron chi connectivity index (χ0n) is 13.4. The summed E-state index contributed by atoms with van der Waals surface area (Å²) in [4.78, 5) is 48.6. The Labute approximate surface area is 128 Å². The van der Waals surface area contributed by atoms with E-state index in [9.17, 15) is 19.2 Å². The quantitative estimate of drug-likeness (QED) is 0.524. The summed E-state index contributed by atoms with van der Waals surface area (Å²) in [7, 11) is 4.51. The lowest BCUT2D eigenvalue weighted by molar-refractivity contribution is -0.237. The molecule has 0 saturated heterocycles. The molecule has 4 unspecified atom stereocenters. The second-order valence-electron chi connectivity index (χ2n) is 5.39. The van der Waals surface area contributed by atoms with E-state index in [-0.39, 0.29) is 0 Å². The van der Waals surface area contributed by atoms with E-state index in [0.29, 0.717) is 0 Å². The first-order valence-corrected chi connectivity index (χ1v) is 6.50. The minimum Gasteiger partial charge on any atom is -0.469 e. The molecular formula is C14H20O8. The molecule has 124 valence electrons. The summed E-state index contributed by atoms with van der Waals surface area (Å²) in [6, 6.07) is 0. The molecule has 1 saturated carbocycles. The van der Waals surface area contributed by atoms with Crippen LogP contribution in [-0.4, -0.2) is 52.3 Å². The highest BCUT2D eigenvalue weighted by Crippen LogP contribution is 2.66. The Bertz CT molecular complexity index is 467. The first kappa shape index (κ1) is 17.9. The first-order valence-electron chi connectivity index (χ1n) is 6.50. The molecule has 1 rings (SSSR count). The maximum Gasteiger partial charge on any atom is 0.313 e. The summed E-state index contributed by atoms with van der Waals surface area (Å²) in [5, 5.41) is 0. The normalized spacial score (nSPS) is 33.2. The van der Waals surface area contributed by atoms with E-state index in [1.54, 1.807) is 0 Å². The molecule has 4 atom stereocenters. The summed E-state index contributed by atoms with van der Waals surface area (Å²) < 4.78 is 18.8. The number of rotatable bonds is 4. The van der Waals surface area contributed by atoms with Gasteiger partial charge < -0.3 is 18.9 Å². The molecule has 1 fully saturated rings. The maximum atomic E-state index is 12.2. The summed E-state index contributed by atoms with van der Waals surface area (Å²) >= 11 is 0. The number of ether oxygens (including phenoxy) is 4. The van der Waals surface area contributed by atoms with Gasteiger partial charge in [-0.1, -0.05) is 0 Å². The second-order valence-corrected chi connectivity index (χ2v) is 5.39. The van der Waals surface area contributed by atoms with Gasteiger partial charge in [-0.25, -0.2) is 0 Å². The SMILES string of the molecule is COC(=O)C1C(C(=O)OC)C(C)(C(=O)OC)C1(C)C(=O)OC. The zero-order chi connectivity index (χ0) is 17.3. The van der Waals surface area contributed by atoms with Crippen molar-refractivity contribution in [1.29, 1.82) is 0 Å². The van der Waals surface area contributed by atoms with Gasteiger partial charge in [-0.2, -0.15) is 0 Å². The predicted octanol–water partition coefficient (Wildman–Crippen LogP) is -0.0630. The molecule has 0 heterocycles. The van der Waals surface area contributed by atoms with Crippen LogP contribution in [-0.2, 0) is 38.1 Å². The molecule has 22 heavy (non-hydrogen) atoms. The fraction of sp³-hybridized carbons (Fsp3) is 0.714. The minimum absolute atomic E-state index is 0.801. The van der Waals surface area contributed by atoms with Gasteiger partial charge in [0.2, 0.25) is 0 Å². The van der Waals surface area contributed by atoms with Crippen molar-refractivity contribution in [1.82, 2.24) is 0 Å². The number of hydrogen-bond acceptors (Lipinski definition) is 8. The molecule has 1 aliphatic carbocycles. The largest absolute Gasteiger partial charge is 0.469 e. The van der Waals surface area contributed by atoms with Gasteiger partial charge in [-0.05, 0) is 13.8 Å². The third-order valence-electron chi connectivity index (χ3n) is 4.79. The van der Waals surface area contributed by atoms with Crippen molar-refractivity contribution in [2.24, 2.45) is 22.7 Å². The minimum atomic E-state index is -1.61. The van der Waals surface area contributed by atoms with Crippen molar-refractivity contribution >= 4 is 23.9 Å². The Balaban J connectivity index is 3.54. The van der Waals surface area contributed by atoms with Crippen LogP contribution >= 0.6 is 0 Å². The van der Waals surface area contributed by atoms with E-state index < -0.39 is 46.5 Å². The molecule has 0 aromatic carbocycles. The first-order chi connectivity index (χ1) is 10.2. The van der Waals surface area contributed by atoms with Gasteiger partial charge in [0.15, 0.2) is 0 Å². The number of methoxy groups -OCH3 is 4. The lowest BCUT2D eigenvalue weighted by Crippen LogP contribution is -2.73. The number of hydrogen-bond donors (Lipinski definition) is 0. The van der Waals surface area contributed by atoms with Crippen molar-refractivity contribution in [3.8, 4) is 0 Å².